The molecule has 0 aliphatic carbocycles. The van der Waals surface area contributed by atoms with Gasteiger partial charge in [0.05, 0.1) is 4.90 Å². The van der Waals surface area contributed by atoms with Crippen molar-refractivity contribution in [3.8, 4) is 0 Å². The highest BCUT2D eigenvalue weighted by Crippen LogP contribution is 2.35. The molecule has 4 N–H and O–H groups in total. The number of benzene rings is 1. The molecule has 1 heterocycles. The molecule has 0 unspecified atom stereocenters. The first-order valence-corrected chi connectivity index (χ1v) is 9.29. The summed E-state index contributed by atoms with van der Waals surface area (Å²) in [6.07, 6.45) is -4.62. The van der Waals surface area contributed by atoms with E-state index in [2.05, 4.69) is 0 Å². The lowest BCUT2D eigenvalue weighted by Crippen LogP contribution is -2.49. The van der Waals surface area contributed by atoms with Crippen molar-refractivity contribution in [2.45, 2.75) is 31.8 Å². The Hall–Kier alpha value is -1.75. The Morgan fingerprint density at radius 1 is 1.07 bits per heavy atom. The summed E-state index contributed by atoms with van der Waals surface area (Å²) in [5.41, 5.74) is 6.13. The molecule has 0 saturated heterocycles. The first kappa shape index (κ1) is 23.3. The van der Waals surface area contributed by atoms with Gasteiger partial charge in [0.25, 0.3) is 0 Å². The molecule has 12 heteroatoms. The summed E-state index contributed by atoms with van der Waals surface area (Å²) in [6, 6.07) is 4.01. The van der Waals surface area contributed by atoms with E-state index in [1.165, 1.54) is 0 Å². The molecule has 0 aliphatic heterocycles. The molecular weight excluding hydrogens is 430 g/mol. The van der Waals surface area contributed by atoms with Crippen LogP contribution in [-0.2, 0) is 16.3 Å². The van der Waals surface area contributed by atoms with Gasteiger partial charge in [-0.05, 0) is 49.6 Å². The largest absolute Gasteiger partial charge is 0.744 e. The zero-order valence-electron chi connectivity index (χ0n) is 14.4. The van der Waals surface area contributed by atoms with Crippen LogP contribution >= 0.6 is 23.2 Å². The maximum atomic E-state index is 12.3. The van der Waals surface area contributed by atoms with Gasteiger partial charge in [-0.1, -0.05) is 29.3 Å². The smallest absolute Gasteiger partial charge is 0.421 e. The lowest BCUT2D eigenvalue weighted by molar-refractivity contribution is -0.622. The van der Waals surface area contributed by atoms with Crippen molar-refractivity contribution in [3.63, 3.8) is 0 Å². The molecule has 0 radical (unpaired) electrons. The molecule has 27 heavy (non-hydrogen) atoms. The van der Waals surface area contributed by atoms with Gasteiger partial charge in [0.2, 0.25) is 5.15 Å². The molecule has 1 aromatic heterocycles. The third-order valence-corrected chi connectivity index (χ3v) is 5.20. The molecule has 2 rings (SSSR count). The van der Waals surface area contributed by atoms with Gasteiger partial charge in [-0.2, -0.15) is 13.2 Å². The van der Waals surface area contributed by atoms with Gasteiger partial charge in [-0.25, -0.2) is 8.42 Å². The van der Waals surface area contributed by atoms with E-state index in [4.69, 9.17) is 34.8 Å². The van der Waals surface area contributed by atoms with Crippen LogP contribution in [0, 0.1) is 20.8 Å². The minimum absolute atomic E-state index is 0.0851. The molecule has 150 valence electrons. The quantitative estimate of drug-likeness (QED) is 0.303. The summed E-state index contributed by atoms with van der Waals surface area (Å²) >= 11 is 10.7. The van der Waals surface area contributed by atoms with E-state index in [1.54, 1.807) is 26.0 Å². The lowest BCUT2D eigenvalue weighted by atomic mass is 10.1. The van der Waals surface area contributed by atoms with E-state index in [9.17, 15) is 26.1 Å². The SMILES string of the molecule is Cc1cc(C)c(S(=O)(=O)[O-])c(C)c1.Nc1c(Cl)cc(C(F)(F)F)c(Cl)[n+]1N. The molecule has 1 aromatic carbocycles. The van der Waals surface area contributed by atoms with Crippen LogP contribution < -0.4 is 16.3 Å². The van der Waals surface area contributed by atoms with E-state index in [0.29, 0.717) is 21.9 Å². The van der Waals surface area contributed by atoms with Crippen molar-refractivity contribution >= 4 is 39.1 Å². The maximum Gasteiger partial charge on any atom is 0.421 e. The van der Waals surface area contributed by atoms with Gasteiger partial charge < -0.3 is 4.55 Å². The van der Waals surface area contributed by atoms with Crippen molar-refractivity contribution < 1.29 is 30.8 Å². The van der Waals surface area contributed by atoms with Crippen LogP contribution in [0.2, 0.25) is 10.2 Å². The molecule has 0 saturated carbocycles. The van der Waals surface area contributed by atoms with Crippen LogP contribution in [-0.4, -0.2) is 13.0 Å². The average molecular weight is 446 g/mol. The van der Waals surface area contributed by atoms with Crippen LogP contribution in [0.4, 0.5) is 19.0 Å². The van der Waals surface area contributed by atoms with Crippen LogP contribution in [0.3, 0.4) is 0 Å². The molecule has 0 spiro atoms. The minimum Gasteiger partial charge on any atom is -0.744 e. The van der Waals surface area contributed by atoms with Crippen LogP contribution in [0.15, 0.2) is 23.1 Å². The van der Waals surface area contributed by atoms with Gasteiger partial charge in [0.1, 0.15) is 20.7 Å². The molecule has 2 aromatic rings. The molecule has 0 bridgehead atoms. The minimum atomic E-state index is -4.62. The first-order valence-electron chi connectivity index (χ1n) is 7.13. The maximum absolute atomic E-state index is 12.3. The Kier molecular flexibility index (Phi) is 6.98. The highest BCUT2D eigenvalue weighted by Gasteiger charge is 2.37. The summed E-state index contributed by atoms with van der Waals surface area (Å²) in [6.45, 7) is 5.12. The Bertz CT molecular complexity index is 957. The Labute approximate surface area is 164 Å². The molecule has 0 fully saturated rings. The average Bonchev–Trinajstić information content (AvgIpc) is 2.45. The second-order valence-electron chi connectivity index (χ2n) is 5.63. The number of nitrogens with two attached hydrogens (primary N) is 2. The number of aromatic nitrogens is 1. The molecule has 0 aliphatic rings. The fraction of sp³-hybridized carbons (Fsp3) is 0.267. The summed E-state index contributed by atoms with van der Waals surface area (Å²) < 4.78 is 69.8. The predicted octanol–water partition coefficient (Wildman–Crippen LogP) is 3.11. The topological polar surface area (TPSA) is 113 Å². The van der Waals surface area contributed by atoms with E-state index < -0.39 is 27.0 Å². The molecule has 6 nitrogen and oxygen atoms in total. The van der Waals surface area contributed by atoms with Gasteiger partial charge in [0.15, 0.2) is 0 Å². The number of aryl methyl sites for hydroxylation is 3. The van der Waals surface area contributed by atoms with Crippen molar-refractivity contribution in [2.75, 3.05) is 11.6 Å². The van der Waals surface area contributed by atoms with E-state index in [1.807, 2.05) is 6.92 Å². The van der Waals surface area contributed by atoms with Crippen molar-refractivity contribution in [3.05, 3.63) is 50.6 Å². The highest BCUT2D eigenvalue weighted by atomic mass is 35.5. The number of pyridine rings is 1. The Balaban J connectivity index is 0.000000271. The summed E-state index contributed by atoms with van der Waals surface area (Å²) in [7, 11) is -4.33. The predicted molar refractivity (Wildman–Crippen MR) is 94.8 cm³/mol. The highest BCUT2D eigenvalue weighted by molar-refractivity contribution is 7.85. The third kappa shape index (κ3) is 5.61. The summed E-state index contributed by atoms with van der Waals surface area (Å²) in [5.74, 6) is 4.92. The number of nitrogen functional groups attached to an aromatic ring is 2. The van der Waals surface area contributed by atoms with Crippen molar-refractivity contribution in [2.24, 2.45) is 0 Å². The number of hydrogen-bond acceptors (Lipinski definition) is 5. The number of alkyl halides is 3. The fourth-order valence-electron chi connectivity index (χ4n) is 2.37. The lowest BCUT2D eigenvalue weighted by Gasteiger charge is -2.14. The van der Waals surface area contributed by atoms with E-state index >= 15 is 0 Å². The van der Waals surface area contributed by atoms with Crippen LogP contribution in [0.1, 0.15) is 22.3 Å². The molecule has 0 atom stereocenters. The zero-order chi connectivity index (χ0) is 21.3. The summed E-state index contributed by atoms with van der Waals surface area (Å²) in [5, 5.41) is -1.01. The number of anilines is 1. The van der Waals surface area contributed by atoms with Crippen molar-refractivity contribution in [1.82, 2.24) is 0 Å². The summed E-state index contributed by atoms with van der Waals surface area (Å²) in [4.78, 5) is -0.0851. The number of hydrogen-bond donors (Lipinski definition) is 2. The van der Waals surface area contributed by atoms with Crippen LogP contribution in [0.25, 0.3) is 0 Å². The number of rotatable bonds is 1. The second-order valence-corrected chi connectivity index (χ2v) is 7.71. The van der Waals surface area contributed by atoms with Gasteiger partial charge >= 0.3 is 12.0 Å². The zero-order valence-corrected chi connectivity index (χ0v) is 16.7. The molecule has 0 amide bonds. The van der Waals surface area contributed by atoms with E-state index in [-0.39, 0.29) is 15.7 Å². The van der Waals surface area contributed by atoms with Gasteiger partial charge in [-0.3, -0.25) is 11.6 Å². The third-order valence-electron chi connectivity index (χ3n) is 3.37. The second kappa shape index (κ2) is 8.09. The first-order chi connectivity index (χ1) is 12.1. The van der Waals surface area contributed by atoms with Crippen molar-refractivity contribution in [1.29, 1.82) is 0 Å². The standard InChI is InChI=1S/C9H12O3S.C6H4Cl2F3N3/c1-6-4-7(2)9(8(3)5-6)13(10,11)12;7-3-1-2(6(9,10)11)4(8)14(13)5(3)12/h4-5H,1-3H3,(H,10,11,12);1,12H,13H2. The monoisotopic (exact) mass is 445 g/mol. The number of halogens is 5. The van der Waals surface area contributed by atoms with E-state index in [0.717, 1.165) is 5.56 Å². The number of nitrogens with zero attached hydrogens (tertiary/aromatic N) is 1. The fourth-order valence-corrected chi connectivity index (χ4v) is 3.73. The Morgan fingerprint density at radius 2 is 1.52 bits per heavy atom. The Morgan fingerprint density at radius 3 is 1.89 bits per heavy atom. The van der Waals surface area contributed by atoms with Gasteiger partial charge in [-0.15, -0.1) is 4.68 Å². The molecular formula is C15H16Cl2F3N3O3S. The van der Waals surface area contributed by atoms with Gasteiger partial charge in [0, 0.05) is 0 Å². The van der Waals surface area contributed by atoms with Crippen LogP contribution in [0.5, 0.6) is 0 Å². The normalized spacial score (nSPS) is 11.7.